The molecule has 0 unspecified atom stereocenters. The van der Waals surface area contributed by atoms with E-state index in [1.807, 2.05) is 3.81 Å². The van der Waals surface area contributed by atoms with Gasteiger partial charge in [0.25, 0.3) is 0 Å². The predicted molar refractivity (Wildman–Crippen MR) is 142 cm³/mol. The maximum atomic E-state index is 2.67. The molecule has 0 aliphatic heterocycles. The molecule has 0 bridgehead atoms. The quantitative estimate of drug-likeness (QED) is 0.435. The maximum absolute atomic E-state index is 2.67. The molecule has 0 amide bonds. The molecule has 3 aliphatic rings. The molecule has 3 aliphatic carbocycles. The van der Waals surface area contributed by atoms with Crippen LogP contribution in [-0.4, -0.2) is 3.81 Å². The monoisotopic (exact) mass is 542 g/mol. The maximum Gasteiger partial charge on any atom is -1.00 e. The van der Waals surface area contributed by atoms with Crippen LogP contribution >= 0.6 is 0 Å². The number of allylic oxidation sites excluding steroid dienone is 4. The van der Waals surface area contributed by atoms with Gasteiger partial charge in [-0.1, -0.05) is 0 Å². The van der Waals surface area contributed by atoms with Crippen molar-refractivity contribution in [3.05, 3.63) is 74.7 Å². The van der Waals surface area contributed by atoms with E-state index in [2.05, 4.69) is 90.1 Å². The molecule has 3 heteroatoms. The van der Waals surface area contributed by atoms with Gasteiger partial charge in [-0.25, -0.2) is 0 Å². The molecule has 0 saturated heterocycles. The Morgan fingerprint density at radius 2 is 1.40 bits per heavy atom. The number of halogens is 2. The fourth-order valence-corrected chi connectivity index (χ4v) is 11.2. The number of hydrogen-bond acceptors (Lipinski definition) is 0. The Kier molecular flexibility index (Phi) is 8.86. The van der Waals surface area contributed by atoms with Gasteiger partial charge in [0.1, 0.15) is 0 Å². The van der Waals surface area contributed by atoms with Gasteiger partial charge in [-0.05, 0) is 0 Å². The average molecular weight is 543 g/mol. The summed E-state index contributed by atoms with van der Waals surface area (Å²) < 4.78 is 5.51. The zero-order valence-electron chi connectivity index (χ0n) is 22.3. The average Bonchev–Trinajstić information content (AvgIpc) is 3.41. The molecule has 0 spiro atoms. The molecule has 2 aromatic rings. The topological polar surface area (TPSA) is 0 Å². The van der Waals surface area contributed by atoms with E-state index in [-0.39, 0.29) is 35.6 Å². The van der Waals surface area contributed by atoms with Crippen LogP contribution in [0.3, 0.4) is 0 Å². The summed E-state index contributed by atoms with van der Waals surface area (Å²) in [5.41, 5.74) is 9.59. The Bertz CT molecular complexity index is 1190. The summed E-state index contributed by atoms with van der Waals surface area (Å²) in [4.78, 5) is 0. The summed E-state index contributed by atoms with van der Waals surface area (Å²) in [6.07, 6.45) is 16.5. The molecule has 5 rings (SSSR count). The molecule has 0 heterocycles. The molecule has 0 aromatic heterocycles. The van der Waals surface area contributed by atoms with Crippen molar-refractivity contribution in [1.82, 2.24) is 0 Å². The number of hydrogen-bond donors (Lipinski definition) is 0. The molecular weight excluding hydrogens is 503 g/mol. The van der Waals surface area contributed by atoms with E-state index >= 15 is 0 Å². The van der Waals surface area contributed by atoms with Crippen LogP contribution in [0, 0.1) is 0 Å². The first kappa shape index (κ1) is 28.7. The second-order valence-electron chi connectivity index (χ2n) is 12.5. The van der Waals surface area contributed by atoms with Crippen LogP contribution in [0.4, 0.5) is 0 Å². The van der Waals surface area contributed by atoms with E-state index in [0.29, 0.717) is 0 Å². The van der Waals surface area contributed by atoms with E-state index in [1.165, 1.54) is 60.8 Å². The second-order valence-corrected chi connectivity index (χ2v) is 16.6. The first-order chi connectivity index (χ1) is 15.6. The van der Waals surface area contributed by atoms with Crippen LogP contribution < -0.4 is 28.7 Å². The number of benzene rings is 2. The zero-order chi connectivity index (χ0) is 23.4. The van der Waals surface area contributed by atoms with Crippen molar-refractivity contribution in [2.24, 2.45) is 0 Å². The number of rotatable bonds is 2. The van der Waals surface area contributed by atoms with Crippen LogP contribution in [0.2, 0.25) is 0 Å². The molecule has 0 N–H and O–H groups in total. The molecule has 35 heavy (non-hydrogen) atoms. The summed E-state index contributed by atoms with van der Waals surface area (Å²) in [5, 5.41) is 0. The van der Waals surface area contributed by atoms with Crippen molar-refractivity contribution >= 4 is 7.68 Å². The molecular formula is C32H40Cl2Ti. The SMILES string of the molecule is CC(C)(C)c1ccc2c(c1)-c1cc(C(C)(C)C)c[c]([Ti+2]([C]3=CC=CC3)=[C]3CCCCC3)c1C2.[Cl-].[Cl-]. The second kappa shape index (κ2) is 10.8. The largest absolute Gasteiger partial charge is 1.00 e. The van der Waals surface area contributed by atoms with Gasteiger partial charge in [0, 0.05) is 0 Å². The van der Waals surface area contributed by atoms with Gasteiger partial charge in [-0.15, -0.1) is 0 Å². The summed E-state index contributed by atoms with van der Waals surface area (Å²) in [6, 6.07) is 12.6. The zero-order valence-corrected chi connectivity index (χ0v) is 25.4. The Hall–Kier alpha value is -0.916. The van der Waals surface area contributed by atoms with Gasteiger partial charge in [-0.3, -0.25) is 0 Å². The minimum atomic E-state index is -1.70. The van der Waals surface area contributed by atoms with Gasteiger partial charge in [0.15, 0.2) is 0 Å². The summed E-state index contributed by atoms with van der Waals surface area (Å²) in [6.45, 7) is 14.2. The summed E-state index contributed by atoms with van der Waals surface area (Å²) in [5.74, 6) is 0. The smallest absolute Gasteiger partial charge is 1.00 e. The van der Waals surface area contributed by atoms with Crippen LogP contribution in [0.1, 0.15) is 102 Å². The van der Waals surface area contributed by atoms with Gasteiger partial charge in [-0.2, -0.15) is 0 Å². The third-order valence-corrected chi connectivity index (χ3v) is 12.9. The number of fused-ring (bicyclic) bond motifs is 3. The van der Waals surface area contributed by atoms with Crippen LogP contribution in [0.15, 0.2) is 52.4 Å². The molecule has 0 nitrogen and oxygen atoms in total. The van der Waals surface area contributed by atoms with Gasteiger partial charge in [0.2, 0.25) is 0 Å². The van der Waals surface area contributed by atoms with Crippen molar-refractivity contribution in [3.8, 4) is 11.1 Å². The molecule has 1 fully saturated rings. The Morgan fingerprint density at radius 1 is 0.743 bits per heavy atom. The summed E-state index contributed by atoms with van der Waals surface area (Å²) in [7, 11) is 0. The third kappa shape index (κ3) is 5.67. The van der Waals surface area contributed by atoms with Crippen LogP contribution in [-0.2, 0) is 34.7 Å². The van der Waals surface area contributed by atoms with Crippen LogP contribution in [0.5, 0.6) is 0 Å². The van der Waals surface area contributed by atoms with E-state index in [4.69, 9.17) is 0 Å². The normalized spacial score (nSPS) is 16.5. The van der Waals surface area contributed by atoms with Crippen molar-refractivity contribution in [3.63, 3.8) is 0 Å². The molecule has 1 saturated carbocycles. The van der Waals surface area contributed by atoms with E-state index in [0.717, 1.165) is 6.42 Å². The molecule has 2 aromatic carbocycles. The van der Waals surface area contributed by atoms with E-state index < -0.39 is 17.4 Å². The van der Waals surface area contributed by atoms with E-state index in [1.54, 1.807) is 18.9 Å². The van der Waals surface area contributed by atoms with Crippen molar-refractivity contribution in [1.29, 1.82) is 0 Å². The predicted octanol–water partition coefficient (Wildman–Crippen LogP) is 2.08. The summed E-state index contributed by atoms with van der Waals surface area (Å²) >= 11 is -1.70. The molecule has 0 atom stereocenters. The Balaban J connectivity index is 0.00000171. The third-order valence-electron chi connectivity index (χ3n) is 7.92. The van der Waals surface area contributed by atoms with Gasteiger partial charge < -0.3 is 24.8 Å². The fourth-order valence-electron chi connectivity index (χ4n) is 5.85. The minimum Gasteiger partial charge on any atom is -1.00 e. The van der Waals surface area contributed by atoms with Crippen LogP contribution in [0.25, 0.3) is 11.1 Å². The van der Waals surface area contributed by atoms with Crippen molar-refractivity contribution < 1.29 is 42.2 Å². The van der Waals surface area contributed by atoms with E-state index in [9.17, 15) is 0 Å². The first-order valence-corrected chi connectivity index (χ1v) is 15.4. The molecule has 186 valence electrons. The Labute approximate surface area is 231 Å². The van der Waals surface area contributed by atoms with Crippen molar-refractivity contribution in [2.45, 2.75) is 97.3 Å². The minimum absolute atomic E-state index is 0. The molecule has 0 radical (unpaired) electrons. The first-order valence-electron chi connectivity index (χ1n) is 13.0. The van der Waals surface area contributed by atoms with Crippen molar-refractivity contribution in [2.75, 3.05) is 0 Å². The van der Waals surface area contributed by atoms with Gasteiger partial charge >= 0.3 is 208 Å². The Morgan fingerprint density at radius 3 is 2.00 bits per heavy atom. The van der Waals surface area contributed by atoms with Gasteiger partial charge in [0.05, 0.1) is 0 Å². The standard InChI is InChI=1S/C21H25.C6H10.C5H5.2ClH.Ti/c1-20(2,3)16-9-7-14-11-15-8-10-17(21(4,5)6)13-19(15)18(14)12-16;1-2-4-6-5-3-1;1-2-4-5-3-1;;;/h7,9-10,12-13H,11H2,1-6H3;1-5H2;1-3H,4H2;2*1H;/q;;;;;+2/p-2. The fraction of sp³-hybridized carbons (Fsp3) is 0.469.